The van der Waals surface area contributed by atoms with Crippen LogP contribution >= 0.6 is 11.8 Å². The molecule has 140 valence electrons. The molecule has 2 aromatic rings. The number of hydrogen-bond donors (Lipinski definition) is 1. The molecule has 0 unspecified atom stereocenters. The Morgan fingerprint density at radius 1 is 1.00 bits per heavy atom. The van der Waals surface area contributed by atoms with Crippen LogP contribution in [0.4, 0.5) is 0 Å². The number of carbonyl (C=O) groups is 1. The molecule has 0 fully saturated rings. The fourth-order valence-electron chi connectivity index (χ4n) is 2.52. The number of ether oxygens (including phenoxy) is 2. The van der Waals surface area contributed by atoms with E-state index in [4.69, 9.17) is 9.47 Å². The minimum atomic E-state index is 0.0794. The van der Waals surface area contributed by atoms with Crippen LogP contribution in [-0.2, 0) is 17.0 Å². The van der Waals surface area contributed by atoms with Crippen LogP contribution in [0.1, 0.15) is 23.1 Å². The molecule has 0 aliphatic carbocycles. The lowest BCUT2D eigenvalue weighted by atomic mass is 10.1. The van der Waals surface area contributed by atoms with E-state index in [1.165, 1.54) is 11.1 Å². The highest BCUT2D eigenvalue weighted by Gasteiger charge is 2.07. The van der Waals surface area contributed by atoms with Gasteiger partial charge in [0.05, 0.1) is 14.2 Å². The molecular formula is C21H27NO3S. The Morgan fingerprint density at radius 2 is 1.69 bits per heavy atom. The average Bonchev–Trinajstić information content (AvgIpc) is 2.67. The normalized spacial score (nSPS) is 10.4. The van der Waals surface area contributed by atoms with Crippen molar-refractivity contribution in [3.05, 3.63) is 59.2 Å². The van der Waals surface area contributed by atoms with Crippen molar-refractivity contribution >= 4 is 17.7 Å². The van der Waals surface area contributed by atoms with Crippen LogP contribution in [0.25, 0.3) is 0 Å². The molecule has 1 N–H and O–H groups in total. The molecular weight excluding hydrogens is 346 g/mol. The summed E-state index contributed by atoms with van der Waals surface area (Å²) in [6.45, 7) is 2.79. The van der Waals surface area contributed by atoms with Crippen molar-refractivity contribution in [1.82, 2.24) is 5.32 Å². The fourth-order valence-corrected chi connectivity index (χ4v) is 3.34. The summed E-state index contributed by atoms with van der Waals surface area (Å²) in [5.74, 6) is 3.36. The molecule has 1 amide bonds. The number of methoxy groups -OCH3 is 2. The summed E-state index contributed by atoms with van der Waals surface area (Å²) in [4.78, 5) is 12.0. The number of rotatable bonds is 10. The van der Waals surface area contributed by atoms with Crippen molar-refractivity contribution in [3.63, 3.8) is 0 Å². The second-order valence-electron chi connectivity index (χ2n) is 6.08. The van der Waals surface area contributed by atoms with E-state index in [9.17, 15) is 4.79 Å². The molecule has 0 aliphatic rings. The quantitative estimate of drug-likeness (QED) is 0.640. The largest absolute Gasteiger partial charge is 0.493 e. The van der Waals surface area contributed by atoms with Crippen LogP contribution in [0.3, 0.4) is 0 Å². The first-order valence-electron chi connectivity index (χ1n) is 8.73. The lowest BCUT2D eigenvalue weighted by molar-refractivity contribution is -0.120. The molecule has 4 nitrogen and oxygen atoms in total. The maximum atomic E-state index is 12.0. The van der Waals surface area contributed by atoms with Crippen molar-refractivity contribution in [1.29, 1.82) is 0 Å². The number of hydrogen-bond acceptors (Lipinski definition) is 4. The van der Waals surface area contributed by atoms with Crippen molar-refractivity contribution in [2.45, 2.75) is 25.5 Å². The van der Waals surface area contributed by atoms with Gasteiger partial charge in [-0.2, -0.15) is 11.8 Å². The molecule has 0 spiro atoms. The molecule has 0 aromatic heterocycles. The maximum absolute atomic E-state index is 12.0. The van der Waals surface area contributed by atoms with E-state index in [0.29, 0.717) is 30.9 Å². The van der Waals surface area contributed by atoms with E-state index in [1.54, 1.807) is 14.2 Å². The van der Waals surface area contributed by atoms with Crippen molar-refractivity contribution < 1.29 is 14.3 Å². The first-order chi connectivity index (χ1) is 12.6. The van der Waals surface area contributed by atoms with E-state index < -0.39 is 0 Å². The predicted octanol–water partition coefficient (Wildman–Crippen LogP) is 3.99. The van der Waals surface area contributed by atoms with Crippen LogP contribution in [-0.4, -0.2) is 32.4 Å². The molecule has 0 bridgehead atoms. The minimum absolute atomic E-state index is 0.0794. The SMILES string of the molecule is COc1ccc(CCC(=O)NCCSCc2ccc(C)cc2)cc1OC. The number of carbonyl (C=O) groups excluding carboxylic acids is 1. The number of benzene rings is 2. The van der Waals surface area contributed by atoms with Crippen molar-refractivity contribution in [2.75, 3.05) is 26.5 Å². The van der Waals surface area contributed by atoms with E-state index >= 15 is 0 Å². The van der Waals surface area contributed by atoms with Crippen LogP contribution in [0.15, 0.2) is 42.5 Å². The third-order valence-electron chi connectivity index (χ3n) is 4.05. The highest BCUT2D eigenvalue weighted by molar-refractivity contribution is 7.98. The van der Waals surface area contributed by atoms with E-state index in [1.807, 2.05) is 30.0 Å². The molecule has 0 atom stereocenters. The van der Waals surface area contributed by atoms with Gasteiger partial charge in [-0.3, -0.25) is 4.79 Å². The second kappa shape index (κ2) is 10.8. The summed E-state index contributed by atoms with van der Waals surface area (Å²) in [5, 5.41) is 2.98. The first kappa shape index (κ1) is 20.2. The Hall–Kier alpha value is -2.14. The number of aryl methyl sites for hydroxylation is 2. The van der Waals surface area contributed by atoms with E-state index in [-0.39, 0.29) is 5.91 Å². The smallest absolute Gasteiger partial charge is 0.220 e. The zero-order valence-corrected chi connectivity index (χ0v) is 16.5. The van der Waals surface area contributed by atoms with Gasteiger partial charge in [0.25, 0.3) is 0 Å². The van der Waals surface area contributed by atoms with E-state index in [2.05, 4.69) is 36.5 Å². The average molecular weight is 374 g/mol. The Balaban J connectivity index is 1.63. The summed E-state index contributed by atoms with van der Waals surface area (Å²) in [7, 11) is 3.23. The first-order valence-corrected chi connectivity index (χ1v) is 9.88. The molecule has 0 heterocycles. The number of thioether (sulfide) groups is 1. The molecule has 0 saturated heterocycles. The number of nitrogens with one attached hydrogen (secondary N) is 1. The van der Waals surface area contributed by atoms with Gasteiger partial charge in [0.1, 0.15) is 0 Å². The van der Waals surface area contributed by atoms with Gasteiger partial charge in [-0.1, -0.05) is 35.9 Å². The summed E-state index contributed by atoms with van der Waals surface area (Å²) >= 11 is 1.83. The second-order valence-corrected chi connectivity index (χ2v) is 7.18. The summed E-state index contributed by atoms with van der Waals surface area (Å²) in [5.41, 5.74) is 3.66. The van der Waals surface area contributed by atoms with Gasteiger partial charge in [0.2, 0.25) is 5.91 Å². The van der Waals surface area contributed by atoms with Crippen molar-refractivity contribution in [3.8, 4) is 11.5 Å². The maximum Gasteiger partial charge on any atom is 0.220 e. The fraction of sp³-hybridized carbons (Fsp3) is 0.381. The number of amides is 1. The molecule has 26 heavy (non-hydrogen) atoms. The van der Waals surface area contributed by atoms with E-state index in [0.717, 1.165) is 17.1 Å². The highest BCUT2D eigenvalue weighted by atomic mass is 32.2. The zero-order valence-electron chi connectivity index (χ0n) is 15.7. The van der Waals surface area contributed by atoms with Gasteiger partial charge in [-0.15, -0.1) is 0 Å². The lowest BCUT2D eigenvalue weighted by Crippen LogP contribution is -2.25. The van der Waals surface area contributed by atoms with Crippen LogP contribution < -0.4 is 14.8 Å². The molecule has 5 heteroatoms. The summed E-state index contributed by atoms with van der Waals surface area (Å²) in [6.07, 6.45) is 1.15. The third-order valence-corrected chi connectivity index (χ3v) is 5.08. The predicted molar refractivity (Wildman–Crippen MR) is 108 cm³/mol. The van der Waals surface area contributed by atoms with Gasteiger partial charge in [-0.05, 0) is 36.6 Å². The Bertz CT molecular complexity index is 701. The van der Waals surface area contributed by atoms with Gasteiger partial charge in [0, 0.05) is 24.5 Å². The lowest BCUT2D eigenvalue weighted by Gasteiger charge is -2.10. The van der Waals surface area contributed by atoms with Gasteiger partial charge in [-0.25, -0.2) is 0 Å². The van der Waals surface area contributed by atoms with Gasteiger partial charge in [0.15, 0.2) is 11.5 Å². The standard InChI is InChI=1S/C21H27NO3S/c1-16-4-6-18(7-5-16)15-26-13-12-22-21(23)11-9-17-8-10-19(24-2)20(14-17)25-3/h4-8,10,14H,9,11-13,15H2,1-3H3,(H,22,23). The van der Waals surface area contributed by atoms with Gasteiger partial charge >= 0.3 is 0 Å². The van der Waals surface area contributed by atoms with Crippen molar-refractivity contribution in [2.24, 2.45) is 0 Å². The molecule has 0 radical (unpaired) electrons. The Labute approximate surface area is 160 Å². The van der Waals surface area contributed by atoms with Crippen LogP contribution in [0.2, 0.25) is 0 Å². The summed E-state index contributed by atoms with van der Waals surface area (Å²) < 4.78 is 10.5. The highest BCUT2D eigenvalue weighted by Crippen LogP contribution is 2.27. The zero-order chi connectivity index (χ0) is 18.8. The molecule has 0 aliphatic heterocycles. The van der Waals surface area contributed by atoms with Gasteiger partial charge < -0.3 is 14.8 Å². The van der Waals surface area contributed by atoms with Crippen LogP contribution in [0.5, 0.6) is 11.5 Å². The third kappa shape index (κ3) is 6.64. The Kier molecular flexibility index (Phi) is 8.35. The minimum Gasteiger partial charge on any atom is -0.493 e. The molecule has 2 rings (SSSR count). The van der Waals surface area contributed by atoms with Crippen LogP contribution in [0, 0.1) is 6.92 Å². The molecule has 2 aromatic carbocycles. The topological polar surface area (TPSA) is 47.6 Å². The monoisotopic (exact) mass is 373 g/mol. The Morgan fingerprint density at radius 3 is 2.38 bits per heavy atom. The summed E-state index contributed by atoms with van der Waals surface area (Å²) in [6, 6.07) is 14.3. The molecule has 0 saturated carbocycles.